The Morgan fingerprint density at radius 1 is 1.50 bits per heavy atom. The zero-order valence-electron chi connectivity index (χ0n) is 9.71. The van der Waals surface area contributed by atoms with Crippen LogP contribution in [0.1, 0.15) is 5.56 Å². The molecule has 1 fully saturated rings. The maximum absolute atomic E-state index is 13.0. The minimum atomic E-state index is -0.310. The molecule has 0 bridgehead atoms. The second-order valence-corrected chi connectivity index (χ2v) is 5.11. The fourth-order valence-electron chi connectivity index (χ4n) is 1.65. The predicted octanol–water partition coefficient (Wildman–Crippen LogP) is 1.89. The maximum Gasteiger partial charge on any atom is 0.224 e. The molecule has 1 amide bonds. The number of hydrogen-bond donors (Lipinski definition) is 2. The molecule has 0 aromatic heterocycles. The minimum absolute atomic E-state index is 0. The molecular weight excluding hydrogens is 323 g/mol. The van der Waals surface area contributed by atoms with Crippen molar-refractivity contribution in [2.45, 2.75) is 6.42 Å². The van der Waals surface area contributed by atoms with Gasteiger partial charge in [-0.05, 0) is 33.6 Å². The zero-order valence-corrected chi connectivity index (χ0v) is 12.1. The third kappa shape index (κ3) is 4.23. The molecule has 0 atom stereocenters. The Bertz CT molecular complexity index is 427. The standard InChI is InChI=1S/C12H14BrFN2O.ClH/c13-10-3-8(1-2-11(10)14)4-12(17)16-7-9-5-15-6-9;/h1-3,9,15H,4-7H2,(H,16,17);1H. The van der Waals surface area contributed by atoms with Crippen molar-refractivity contribution in [2.24, 2.45) is 5.92 Å². The molecule has 0 aliphatic carbocycles. The van der Waals surface area contributed by atoms with Crippen LogP contribution in [-0.2, 0) is 11.2 Å². The number of nitrogens with one attached hydrogen (secondary N) is 2. The van der Waals surface area contributed by atoms with E-state index in [0.29, 0.717) is 23.4 Å². The number of rotatable bonds is 4. The summed E-state index contributed by atoms with van der Waals surface area (Å²) >= 11 is 3.10. The molecule has 1 aliphatic heterocycles. The lowest BCUT2D eigenvalue weighted by molar-refractivity contribution is -0.120. The van der Waals surface area contributed by atoms with Crippen LogP contribution in [0.4, 0.5) is 4.39 Å². The molecule has 0 radical (unpaired) electrons. The molecule has 1 aromatic carbocycles. The van der Waals surface area contributed by atoms with Crippen LogP contribution >= 0.6 is 28.3 Å². The normalized spacial score (nSPS) is 14.6. The van der Waals surface area contributed by atoms with Crippen molar-refractivity contribution in [1.82, 2.24) is 10.6 Å². The molecule has 1 aliphatic rings. The number of hydrogen-bond acceptors (Lipinski definition) is 2. The van der Waals surface area contributed by atoms with Crippen LogP contribution in [0, 0.1) is 11.7 Å². The second-order valence-electron chi connectivity index (χ2n) is 4.25. The van der Waals surface area contributed by atoms with Crippen LogP contribution < -0.4 is 10.6 Å². The van der Waals surface area contributed by atoms with E-state index in [9.17, 15) is 9.18 Å². The summed E-state index contributed by atoms with van der Waals surface area (Å²) in [7, 11) is 0. The number of benzene rings is 1. The average molecular weight is 338 g/mol. The number of halogens is 3. The van der Waals surface area contributed by atoms with Crippen molar-refractivity contribution in [3.63, 3.8) is 0 Å². The molecule has 18 heavy (non-hydrogen) atoms. The Hall–Kier alpha value is -0.650. The fraction of sp³-hybridized carbons (Fsp3) is 0.417. The first kappa shape index (κ1) is 15.4. The van der Waals surface area contributed by atoms with Gasteiger partial charge in [0.05, 0.1) is 10.9 Å². The minimum Gasteiger partial charge on any atom is -0.355 e. The quantitative estimate of drug-likeness (QED) is 0.881. The van der Waals surface area contributed by atoms with Crippen LogP contribution in [-0.4, -0.2) is 25.5 Å². The molecule has 2 rings (SSSR count). The van der Waals surface area contributed by atoms with Crippen LogP contribution in [0.25, 0.3) is 0 Å². The SMILES string of the molecule is Cl.O=C(Cc1ccc(F)c(Br)c1)NCC1CNC1. The highest BCUT2D eigenvalue weighted by atomic mass is 79.9. The number of carbonyl (C=O) groups excluding carboxylic acids is 1. The first-order valence-electron chi connectivity index (χ1n) is 5.56. The molecule has 0 unspecified atom stereocenters. The summed E-state index contributed by atoms with van der Waals surface area (Å²) < 4.78 is 13.4. The third-order valence-electron chi connectivity index (χ3n) is 2.80. The highest BCUT2D eigenvalue weighted by Crippen LogP contribution is 2.17. The summed E-state index contributed by atoms with van der Waals surface area (Å²) in [5.74, 6) is 0.226. The zero-order chi connectivity index (χ0) is 12.3. The monoisotopic (exact) mass is 336 g/mol. The number of carbonyl (C=O) groups is 1. The van der Waals surface area contributed by atoms with Gasteiger partial charge in [-0.3, -0.25) is 4.79 Å². The molecule has 1 heterocycles. The molecule has 0 saturated carbocycles. The molecule has 1 aromatic rings. The molecular formula is C12H15BrClFN2O. The van der Waals surface area contributed by atoms with E-state index in [1.165, 1.54) is 6.07 Å². The lowest BCUT2D eigenvalue weighted by Crippen LogP contribution is -2.48. The summed E-state index contributed by atoms with van der Waals surface area (Å²) in [5.41, 5.74) is 0.808. The fourth-order valence-corrected chi connectivity index (χ4v) is 2.07. The Balaban J connectivity index is 0.00000162. The highest BCUT2D eigenvalue weighted by molar-refractivity contribution is 9.10. The molecule has 100 valence electrons. The molecule has 1 saturated heterocycles. The largest absolute Gasteiger partial charge is 0.355 e. The van der Waals surface area contributed by atoms with Crippen molar-refractivity contribution >= 4 is 34.2 Å². The van der Waals surface area contributed by atoms with Crippen LogP contribution in [0.15, 0.2) is 22.7 Å². The smallest absolute Gasteiger partial charge is 0.224 e. The van der Waals surface area contributed by atoms with Crippen molar-refractivity contribution in [2.75, 3.05) is 19.6 Å². The average Bonchev–Trinajstić information content (AvgIpc) is 2.21. The topological polar surface area (TPSA) is 41.1 Å². The van der Waals surface area contributed by atoms with E-state index < -0.39 is 0 Å². The van der Waals surface area contributed by atoms with E-state index in [2.05, 4.69) is 26.6 Å². The Labute approximate surface area is 120 Å². The van der Waals surface area contributed by atoms with Gasteiger partial charge in [-0.15, -0.1) is 12.4 Å². The van der Waals surface area contributed by atoms with Gasteiger partial charge in [-0.2, -0.15) is 0 Å². The van der Waals surface area contributed by atoms with Crippen molar-refractivity contribution in [3.8, 4) is 0 Å². The second kappa shape index (κ2) is 7.07. The summed E-state index contributed by atoms with van der Waals surface area (Å²) in [6.45, 7) is 2.67. The Morgan fingerprint density at radius 2 is 2.22 bits per heavy atom. The predicted molar refractivity (Wildman–Crippen MR) is 74.4 cm³/mol. The summed E-state index contributed by atoms with van der Waals surface area (Å²) in [6.07, 6.45) is 0.291. The van der Waals surface area contributed by atoms with Gasteiger partial charge >= 0.3 is 0 Å². The summed E-state index contributed by atoms with van der Waals surface area (Å²) in [5, 5.41) is 6.03. The van der Waals surface area contributed by atoms with Gasteiger partial charge in [-0.25, -0.2) is 4.39 Å². The van der Waals surface area contributed by atoms with E-state index in [-0.39, 0.29) is 24.1 Å². The summed E-state index contributed by atoms with van der Waals surface area (Å²) in [6, 6.07) is 4.63. The van der Waals surface area contributed by atoms with Gasteiger partial charge in [-0.1, -0.05) is 6.07 Å². The van der Waals surface area contributed by atoms with E-state index >= 15 is 0 Å². The lowest BCUT2D eigenvalue weighted by Gasteiger charge is -2.27. The number of amides is 1. The van der Waals surface area contributed by atoms with E-state index in [0.717, 1.165) is 18.7 Å². The third-order valence-corrected chi connectivity index (χ3v) is 3.41. The molecule has 3 nitrogen and oxygen atoms in total. The maximum atomic E-state index is 13.0. The van der Waals surface area contributed by atoms with Crippen LogP contribution in [0.2, 0.25) is 0 Å². The molecule has 0 spiro atoms. The van der Waals surface area contributed by atoms with Gasteiger partial charge in [0.15, 0.2) is 0 Å². The van der Waals surface area contributed by atoms with Gasteiger partial charge in [0.25, 0.3) is 0 Å². The van der Waals surface area contributed by atoms with Gasteiger partial charge in [0.2, 0.25) is 5.91 Å². The van der Waals surface area contributed by atoms with E-state index in [1.54, 1.807) is 12.1 Å². The Morgan fingerprint density at radius 3 is 2.78 bits per heavy atom. The van der Waals surface area contributed by atoms with Gasteiger partial charge in [0.1, 0.15) is 5.82 Å². The first-order chi connectivity index (χ1) is 8.15. The van der Waals surface area contributed by atoms with E-state index in [1.807, 2.05) is 0 Å². The van der Waals surface area contributed by atoms with Crippen molar-refractivity contribution in [3.05, 3.63) is 34.1 Å². The first-order valence-corrected chi connectivity index (χ1v) is 6.36. The van der Waals surface area contributed by atoms with Crippen molar-refractivity contribution < 1.29 is 9.18 Å². The molecule has 2 N–H and O–H groups in total. The lowest BCUT2D eigenvalue weighted by atomic mass is 10.0. The van der Waals surface area contributed by atoms with Crippen molar-refractivity contribution in [1.29, 1.82) is 0 Å². The van der Waals surface area contributed by atoms with Gasteiger partial charge < -0.3 is 10.6 Å². The van der Waals surface area contributed by atoms with Gasteiger partial charge in [0, 0.05) is 25.6 Å². The highest BCUT2D eigenvalue weighted by Gasteiger charge is 2.17. The van der Waals surface area contributed by atoms with Crippen LogP contribution in [0.3, 0.4) is 0 Å². The van der Waals surface area contributed by atoms with Crippen LogP contribution in [0.5, 0.6) is 0 Å². The Kier molecular flexibility index (Phi) is 6.05. The summed E-state index contributed by atoms with van der Waals surface area (Å²) in [4.78, 5) is 11.6. The molecule has 6 heteroatoms. The van der Waals surface area contributed by atoms with E-state index in [4.69, 9.17) is 0 Å².